The fraction of sp³-hybridized carbons (Fsp3) is 0.190. The van der Waals surface area contributed by atoms with Crippen molar-refractivity contribution in [1.82, 2.24) is 4.90 Å². The van der Waals surface area contributed by atoms with Crippen LogP contribution < -0.4 is 5.32 Å². The minimum Gasteiger partial charge on any atom is -0.319 e. The van der Waals surface area contributed by atoms with E-state index in [9.17, 15) is 4.79 Å². The molecule has 0 radical (unpaired) electrons. The van der Waals surface area contributed by atoms with Crippen LogP contribution in [0.3, 0.4) is 0 Å². The van der Waals surface area contributed by atoms with E-state index in [0.717, 1.165) is 12.1 Å². The van der Waals surface area contributed by atoms with Crippen molar-refractivity contribution in [2.45, 2.75) is 19.9 Å². The average Bonchev–Trinajstić information content (AvgIpc) is 3.05. The van der Waals surface area contributed by atoms with Gasteiger partial charge in [-0.25, -0.2) is 4.79 Å². The predicted octanol–water partition coefficient (Wildman–Crippen LogP) is 5.33. The molecule has 0 saturated carbocycles. The van der Waals surface area contributed by atoms with E-state index in [4.69, 9.17) is 0 Å². The second-order valence-electron chi connectivity index (χ2n) is 5.97. The molecule has 0 aliphatic rings. The Labute approximate surface area is 152 Å². The van der Waals surface area contributed by atoms with Crippen molar-refractivity contribution in [3.8, 4) is 0 Å². The van der Waals surface area contributed by atoms with Crippen LogP contribution >= 0.6 is 11.3 Å². The molecule has 0 aliphatic carbocycles. The maximum Gasteiger partial charge on any atom is 0.322 e. The van der Waals surface area contributed by atoms with Crippen LogP contribution in [0.2, 0.25) is 0 Å². The van der Waals surface area contributed by atoms with Gasteiger partial charge in [0, 0.05) is 22.0 Å². The number of carbonyl (C=O) groups is 1. The van der Waals surface area contributed by atoms with Gasteiger partial charge in [0.05, 0.1) is 6.54 Å². The fourth-order valence-corrected chi connectivity index (χ4v) is 3.55. The summed E-state index contributed by atoms with van der Waals surface area (Å²) in [7, 11) is 0. The number of carbonyl (C=O) groups excluding carboxylic acids is 1. The molecule has 128 valence electrons. The van der Waals surface area contributed by atoms with Gasteiger partial charge < -0.3 is 10.2 Å². The van der Waals surface area contributed by atoms with Gasteiger partial charge in [-0.15, -0.1) is 11.3 Å². The first-order valence-corrected chi connectivity index (χ1v) is 9.22. The third-order valence-corrected chi connectivity index (χ3v) is 4.95. The number of thiophene rings is 1. The van der Waals surface area contributed by atoms with Gasteiger partial charge in [0.1, 0.15) is 0 Å². The zero-order chi connectivity index (χ0) is 17.5. The standard InChI is InChI=1S/C21H22N2OS/c1-17-12-13-20(25-17)16-23(15-14-18-8-4-2-5-9-18)21(24)22-19-10-6-3-7-11-19/h2-13H,14-16H2,1H3,(H,22,24). The molecule has 0 spiro atoms. The molecular formula is C21H22N2OS. The van der Waals surface area contributed by atoms with E-state index in [1.165, 1.54) is 15.3 Å². The van der Waals surface area contributed by atoms with Crippen LogP contribution in [0.5, 0.6) is 0 Å². The van der Waals surface area contributed by atoms with Crippen molar-refractivity contribution in [3.63, 3.8) is 0 Å². The normalized spacial score (nSPS) is 10.4. The van der Waals surface area contributed by atoms with Gasteiger partial charge in [0.2, 0.25) is 0 Å². The highest BCUT2D eigenvalue weighted by atomic mass is 32.1. The molecule has 1 heterocycles. The summed E-state index contributed by atoms with van der Waals surface area (Å²) in [6, 6.07) is 24.0. The van der Waals surface area contributed by atoms with E-state index in [1.807, 2.05) is 53.4 Å². The van der Waals surface area contributed by atoms with Gasteiger partial charge in [-0.3, -0.25) is 0 Å². The van der Waals surface area contributed by atoms with Crippen LogP contribution in [0.15, 0.2) is 72.8 Å². The largest absolute Gasteiger partial charge is 0.322 e. The Hall–Kier alpha value is -2.59. The highest BCUT2D eigenvalue weighted by molar-refractivity contribution is 7.11. The highest BCUT2D eigenvalue weighted by Crippen LogP contribution is 2.18. The summed E-state index contributed by atoms with van der Waals surface area (Å²) >= 11 is 1.74. The number of aryl methyl sites for hydroxylation is 1. The van der Waals surface area contributed by atoms with Crippen LogP contribution in [0.25, 0.3) is 0 Å². The molecule has 0 aliphatic heterocycles. The number of nitrogens with one attached hydrogen (secondary N) is 1. The Bertz CT molecular complexity index is 799. The molecule has 0 unspecified atom stereocenters. The second-order valence-corrected chi connectivity index (χ2v) is 7.34. The third-order valence-electron chi connectivity index (χ3n) is 3.97. The van der Waals surface area contributed by atoms with E-state index < -0.39 is 0 Å². The molecule has 3 nitrogen and oxygen atoms in total. The highest BCUT2D eigenvalue weighted by Gasteiger charge is 2.15. The summed E-state index contributed by atoms with van der Waals surface area (Å²) in [6.07, 6.45) is 0.841. The maximum atomic E-state index is 12.8. The number of nitrogens with zero attached hydrogens (tertiary/aromatic N) is 1. The molecular weight excluding hydrogens is 328 g/mol. The first kappa shape index (κ1) is 17.2. The lowest BCUT2D eigenvalue weighted by Gasteiger charge is -2.23. The average molecular weight is 350 g/mol. The zero-order valence-electron chi connectivity index (χ0n) is 14.3. The lowest BCUT2D eigenvalue weighted by Crippen LogP contribution is -2.35. The molecule has 1 N–H and O–H groups in total. The molecule has 2 aromatic carbocycles. The summed E-state index contributed by atoms with van der Waals surface area (Å²) in [4.78, 5) is 17.1. The molecule has 4 heteroatoms. The van der Waals surface area contributed by atoms with E-state index >= 15 is 0 Å². The van der Waals surface area contributed by atoms with Crippen LogP contribution in [0.1, 0.15) is 15.3 Å². The number of anilines is 1. The maximum absolute atomic E-state index is 12.8. The molecule has 1 aromatic heterocycles. The molecule has 25 heavy (non-hydrogen) atoms. The van der Waals surface area contributed by atoms with Crippen LogP contribution in [-0.4, -0.2) is 17.5 Å². The summed E-state index contributed by atoms with van der Waals surface area (Å²) < 4.78 is 0. The van der Waals surface area contributed by atoms with Crippen molar-refractivity contribution < 1.29 is 4.79 Å². The van der Waals surface area contributed by atoms with Crippen molar-refractivity contribution >= 4 is 23.1 Å². The Kier molecular flexibility index (Phi) is 5.86. The van der Waals surface area contributed by atoms with Crippen LogP contribution in [0.4, 0.5) is 10.5 Å². The monoisotopic (exact) mass is 350 g/mol. The lowest BCUT2D eigenvalue weighted by molar-refractivity contribution is 0.210. The Morgan fingerprint density at radius 3 is 2.28 bits per heavy atom. The molecule has 0 bridgehead atoms. The quantitative estimate of drug-likeness (QED) is 0.640. The van der Waals surface area contributed by atoms with Crippen molar-refractivity contribution in [2.75, 3.05) is 11.9 Å². The lowest BCUT2D eigenvalue weighted by atomic mass is 10.1. The number of benzene rings is 2. The predicted molar refractivity (Wildman–Crippen MR) is 105 cm³/mol. The van der Waals surface area contributed by atoms with E-state index in [0.29, 0.717) is 13.1 Å². The van der Waals surface area contributed by atoms with Crippen molar-refractivity contribution in [3.05, 3.63) is 88.1 Å². The molecule has 0 fully saturated rings. The SMILES string of the molecule is Cc1ccc(CN(CCc2ccccc2)C(=O)Nc2ccccc2)s1. The van der Waals surface area contributed by atoms with Crippen molar-refractivity contribution in [2.24, 2.45) is 0 Å². The van der Waals surface area contributed by atoms with Crippen LogP contribution in [-0.2, 0) is 13.0 Å². The first-order chi connectivity index (χ1) is 12.2. The molecule has 3 aromatic rings. The molecule has 0 atom stereocenters. The molecule has 2 amide bonds. The number of para-hydroxylation sites is 1. The third kappa shape index (κ3) is 5.19. The second kappa shape index (κ2) is 8.49. The number of hydrogen-bond donors (Lipinski definition) is 1. The summed E-state index contributed by atoms with van der Waals surface area (Å²) in [6.45, 7) is 3.40. The number of amides is 2. The minimum atomic E-state index is -0.0619. The fourth-order valence-electron chi connectivity index (χ4n) is 2.64. The molecule has 3 rings (SSSR count). The van der Waals surface area contributed by atoms with Gasteiger partial charge >= 0.3 is 6.03 Å². The van der Waals surface area contributed by atoms with Gasteiger partial charge in [-0.1, -0.05) is 48.5 Å². The number of rotatable bonds is 6. The van der Waals surface area contributed by atoms with Crippen molar-refractivity contribution in [1.29, 1.82) is 0 Å². The van der Waals surface area contributed by atoms with Gasteiger partial charge in [0.15, 0.2) is 0 Å². The summed E-state index contributed by atoms with van der Waals surface area (Å²) in [5.41, 5.74) is 2.06. The van der Waals surface area contributed by atoms with Gasteiger partial charge in [0.25, 0.3) is 0 Å². The van der Waals surface area contributed by atoms with E-state index in [1.54, 1.807) is 11.3 Å². The first-order valence-electron chi connectivity index (χ1n) is 8.41. The number of hydrogen-bond acceptors (Lipinski definition) is 2. The summed E-state index contributed by atoms with van der Waals surface area (Å²) in [5, 5.41) is 3.00. The Morgan fingerprint density at radius 2 is 1.64 bits per heavy atom. The zero-order valence-corrected chi connectivity index (χ0v) is 15.1. The summed E-state index contributed by atoms with van der Waals surface area (Å²) in [5.74, 6) is 0. The topological polar surface area (TPSA) is 32.3 Å². The Morgan fingerprint density at radius 1 is 0.960 bits per heavy atom. The number of urea groups is 1. The van der Waals surface area contributed by atoms with E-state index in [-0.39, 0.29) is 6.03 Å². The smallest absolute Gasteiger partial charge is 0.319 e. The van der Waals surface area contributed by atoms with E-state index in [2.05, 4.69) is 36.5 Å². The van der Waals surface area contributed by atoms with Gasteiger partial charge in [-0.2, -0.15) is 0 Å². The van der Waals surface area contributed by atoms with Crippen LogP contribution in [0, 0.1) is 6.92 Å². The van der Waals surface area contributed by atoms with Gasteiger partial charge in [-0.05, 0) is 43.2 Å². The Balaban J connectivity index is 1.69. The molecule has 0 saturated heterocycles. The minimum absolute atomic E-state index is 0.0619.